The summed E-state index contributed by atoms with van der Waals surface area (Å²) in [5.41, 5.74) is 8.26. The van der Waals surface area contributed by atoms with Crippen LogP contribution in [-0.4, -0.2) is 50.7 Å². The molecule has 43 heavy (non-hydrogen) atoms. The first-order valence-electron chi connectivity index (χ1n) is 14.5. The molecule has 0 atom stereocenters. The van der Waals surface area contributed by atoms with E-state index in [4.69, 9.17) is 28.4 Å². The fourth-order valence-electron chi connectivity index (χ4n) is 6.94. The van der Waals surface area contributed by atoms with Crippen molar-refractivity contribution >= 4 is 23.6 Å². The second kappa shape index (κ2) is 12.4. The summed E-state index contributed by atoms with van der Waals surface area (Å²) in [6, 6.07) is 13.2. The molecule has 7 heteroatoms. The van der Waals surface area contributed by atoms with Crippen molar-refractivity contribution in [2.75, 3.05) is 42.7 Å². The maximum absolute atomic E-state index is 5.99. The third-order valence-electron chi connectivity index (χ3n) is 9.67. The highest BCUT2D eigenvalue weighted by Gasteiger charge is 2.52. The Bertz CT molecular complexity index is 1370. The Hall–Kier alpha value is -3.84. The third-order valence-corrected chi connectivity index (χ3v) is 15.0. The Kier molecular flexibility index (Phi) is 9.26. The summed E-state index contributed by atoms with van der Waals surface area (Å²) in [7, 11) is 7.13. The van der Waals surface area contributed by atoms with E-state index in [0.29, 0.717) is 0 Å². The van der Waals surface area contributed by atoms with Gasteiger partial charge in [-0.1, -0.05) is 11.1 Å². The van der Waals surface area contributed by atoms with Gasteiger partial charge in [-0.2, -0.15) is 0 Å². The van der Waals surface area contributed by atoms with Crippen molar-refractivity contribution in [3.63, 3.8) is 0 Å². The van der Waals surface area contributed by atoms with Crippen LogP contribution in [-0.2, 0) is 0 Å². The van der Waals surface area contributed by atoms with E-state index in [1.165, 1.54) is 22.3 Å². The van der Waals surface area contributed by atoms with Crippen LogP contribution in [0.5, 0.6) is 34.5 Å². The Morgan fingerprint density at radius 1 is 0.395 bits per heavy atom. The predicted molar refractivity (Wildman–Crippen MR) is 178 cm³/mol. The van der Waals surface area contributed by atoms with E-state index < -0.39 is 8.07 Å². The molecule has 3 aromatic carbocycles. The van der Waals surface area contributed by atoms with Gasteiger partial charge in [-0.05, 0) is 112 Å². The van der Waals surface area contributed by atoms with E-state index >= 15 is 0 Å². The van der Waals surface area contributed by atoms with Gasteiger partial charge in [-0.15, -0.1) is 0 Å². The number of allylic oxidation sites excluding steroid dienone is 4. The molecule has 4 rings (SSSR count). The van der Waals surface area contributed by atoms with Crippen molar-refractivity contribution in [1.29, 1.82) is 0 Å². The smallest absolute Gasteiger partial charge is 0.160 e. The normalized spacial score (nSPS) is 13.9. The molecule has 1 aliphatic rings. The zero-order valence-electron chi connectivity index (χ0n) is 28.0. The molecule has 0 amide bonds. The standard InChI is InChI=1S/C36H46O6Si/c1-20-21(2)23(4)36(22(20)3)43(27-14-30(37-8)24(5)31(15-27)38-9,28-16-32(39-10)25(6)33(17-28)40-11)29-18-34(41-12)26(7)35(19-29)42-13/h14-19,36H,1-13H3. The average molecular weight is 603 g/mol. The number of hydrogen-bond donors (Lipinski definition) is 0. The van der Waals surface area contributed by atoms with Crippen LogP contribution in [0.3, 0.4) is 0 Å². The minimum absolute atomic E-state index is 0.0684. The molecule has 6 nitrogen and oxygen atoms in total. The van der Waals surface area contributed by atoms with Crippen LogP contribution in [0.2, 0.25) is 5.54 Å². The quantitative estimate of drug-likeness (QED) is 0.204. The highest BCUT2D eigenvalue weighted by molar-refractivity contribution is 7.13. The molecule has 0 bridgehead atoms. The summed E-state index contributed by atoms with van der Waals surface area (Å²) in [5.74, 6) is 4.66. The number of hydrogen-bond acceptors (Lipinski definition) is 6. The van der Waals surface area contributed by atoms with Gasteiger partial charge in [0, 0.05) is 22.2 Å². The first-order valence-corrected chi connectivity index (χ1v) is 16.6. The second-order valence-electron chi connectivity index (χ2n) is 11.4. The van der Waals surface area contributed by atoms with Crippen molar-refractivity contribution in [3.05, 3.63) is 75.4 Å². The van der Waals surface area contributed by atoms with Crippen molar-refractivity contribution in [2.45, 2.75) is 54.0 Å². The van der Waals surface area contributed by atoms with E-state index in [1.807, 2.05) is 20.8 Å². The summed E-state index contributed by atoms with van der Waals surface area (Å²) < 4.78 is 35.9. The molecule has 0 aliphatic heterocycles. The lowest BCUT2D eigenvalue weighted by atomic mass is 10.1. The maximum Gasteiger partial charge on any atom is 0.160 e. The lowest BCUT2D eigenvalue weighted by Gasteiger charge is -2.42. The first-order chi connectivity index (χ1) is 20.5. The molecular weight excluding hydrogens is 556 g/mol. The van der Waals surface area contributed by atoms with Crippen molar-refractivity contribution in [3.8, 4) is 34.5 Å². The van der Waals surface area contributed by atoms with Gasteiger partial charge in [0.15, 0.2) is 8.07 Å². The molecule has 3 aromatic rings. The van der Waals surface area contributed by atoms with Gasteiger partial charge >= 0.3 is 0 Å². The predicted octanol–water partition coefficient (Wildman–Crippen LogP) is 6.19. The van der Waals surface area contributed by atoms with Crippen LogP contribution in [0.1, 0.15) is 44.4 Å². The molecule has 0 saturated carbocycles. The Morgan fingerprint density at radius 3 is 0.791 bits per heavy atom. The van der Waals surface area contributed by atoms with Crippen LogP contribution in [0, 0.1) is 20.8 Å². The fourth-order valence-corrected chi connectivity index (χ4v) is 12.8. The van der Waals surface area contributed by atoms with Crippen LogP contribution >= 0.6 is 0 Å². The van der Waals surface area contributed by atoms with Gasteiger partial charge in [0.05, 0.1) is 42.7 Å². The number of benzene rings is 3. The number of methoxy groups -OCH3 is 6. The summed E-state index contributed by atoms with van der Waals surface area (Å²) in [4.78, 5) is 0. The molecule has 0 N–H and O–H groups in total. The third kappa shape index (κ3) is 4.97. The largest absolute Gasteiger partial charge is 0.496 e. The summed E-state index contributed by atoms with van der Waals surface area (Å²) in [5, 5.41) is 3.41. The molecule has 1 aliphatic carbocycles. The minimum Gasteiger partial charge on any atom is -0.496 e. The lowest BCUT2D eigenvalue weighted by Crippen LogP contribution is -2.70. The Morgan fingerprint density at radius 2 is 0.605 bits per heavy atom. The summed E-state index contributed by atoms with van der Waals surface area (Å²) >= 11 is 0. The number of rotatable bonds is 10. The molecule has 0 spiro atoms. The highest BCUT2D eigenvalue weighted by Crippen LogP contribution is 2.48. The molecule has 0 radical (unpaired) electrons. The van der Waals surface area contributed by atoms with Crippen molar-refractivity contribution in [2.24, 2.45) is 0 Å². The molecule has 0 fully saturated rings. The fraction of sp³-hybridized carbons (Fsp3) is 0.389. The number of ether oxygens (including phenoxy) is 6. The van der Waals surface area contributed by atoms with E-state index in [2.05, 4.69) is 64.1 Å². The van der Waals surface area contributed by atoms with E-state index in [9.17, 15) is 0 Å². The monoisotopic (exact) mass is 602 g/mol. The zero-order valence-corrected chi connectivity index (χ0v) is 29.0. The van der Waals surface area contributed by atoms with Crippen molar-refractivity contribution < 1.29 is 28.4 Å². The van der Waals surface area contributed by atoms with Crippen LogP contribution in [0.15, 0.2) is 58.7 Å². The SMILES string of the molecule is COc1cc([Si](c2cc(OC)c(C)c(OC)c2)(c2cc(OC)c(C)c(OC)c2)C2C(C)=C(C)C(C)=C2C)cc(OC)c1C. The highest BCUT2D eigenvalue weighted by atomic mass is 28.3. The molecular formula is C36H46O6Si. The summed E-state index contributed by atoms with van der Waals surface area (Å²) in [6.45, 7) is 15.1. The molecule has 0 heterocycles. The zero-order chi connectivity index (χ0) is 31.8. The molecule has 0 unspecified atom stereocenters. The molecule has 0 aromatic heterocycles. The van der Waals surface area contributed by atoms with Crippen LogP contribution in [0.4, 0.5) is 0 Å². The minimum atomic E-state index is -3.15. The maximum atomic E-state index is 5.99. The van der Waals surface area contributed by atoms with Gasteiger partial charge < -0.3 is 28.4 Å². The molecule has 230 valence electrons. The van der Waals surface area contributed by atoms with Gasteiger partial charge in [0.1, 0.15) is 34.5 Å². The van der Waals surface area contributed by atoms with E-state index in [0.717, 1.165) is 66.7 Å². The van der Waals surface area contributed by atoms with Gasteiger partial charge in [-0.3, -0.25) is 0 Å². The Labute approximate surface area is 258 Å². The van der Waals surface area contributed by atoms with Crippen molar-refractivity contribution in [1.82, 2.24) is 0 Å². The second-order valence-corrected chi connectivity index (χ2v) is 15.3. The van der Waals surface area contributed by atoms with E-state index in [-0.39, 0.29) is 5.54 Å². The lowest BCUT2D eigenvalue weighted by molar-refractivity contribution is 0.389. The average Bonchev–Trinajstić information content (AvgIpc) is 3.21. The van der Waals surface area contributed by atoms with Gasteiger partial charge in [-0.25, -0.2) is 0 Å². The topological polar surface area (TPSA) is 55.4 Å². The summed E-state index contributed by atoms with van der Waals surface area (Å²) in [6.07, 6.45) is 0. The van der Waals surface area contributed by atoms with Gasteiger partial charge in [0.25, 0.3) is 0 Å². The van der Waals surface area contributed by atoms with Crippen LogP contribution < -0.4 is 44.0 Å². The van der Waals surface area contributed by atoms with Crippen LogP contribution in [0.25, 0.3) is 0 Å². The first kappa shape index (κ1) is 32.1. The molecule has 0 saturated heterocycles. The Balaban J connectivity index is 2.38. The van der Waals surface area contributed by atoms with E-state index in [1.54, 1.807) is 42.7 Å². The van der Waals surface area contributed by atoms with Gasteiger partial charge in [0.2, 0.25) is 0 Å².